The lowest BCUT2D eigenvalue weighted by atomic mass is 10.1. The van der Waals surface area contributed by atoms with Crippen LogP contribution in [0.2, 0.25) is 0 Å². The zero-order chi connectivity index (χ0) is 17.5. The minimum atomic E-state index is 0.593. The molecule has 0 aliphatic carbocycles. The Kier molecular flexibility index (Phi) is 6.00. The quantitative estimate of drug-likeness (QED) is 0.639. The van der Waals surface area contributed by atoms with E-state index in [0.29, 0.717) is 12.5 Å². The number of hydrogen-bond donors (Lipinski definition) is 1. The van der Waals surface area contributed by atoms with Gasteiger partial charge in [0, 0.05) is 32.7 Å². The van der Waals surface area contributed by atoms with Crippen LogP contribution >= 0.6 is 0 Å². The fourth-order valence-corrected chi connectivity index (χ4v) is 3.08. The van der Waals surface area contributed by atoms with Crippen LogP contribution in [-0.2, 0) is 11.3 Å². The minimum Gasteiger partial charge on any atom is -0.384 e. The SMILES string of the molecule is CCNC(=NCc1ccc(-n2cncn2)cc1)N1CCC(COC)C1. The second-order valence-electron chi connectivity index (χ2n) is 6.23. The van der Waals surface area contributed by atoms with Gasteiger partial charge >= 0.3 is 0 Å². The molecule has 1 N–H and O–H groups in total. The summed E-state index contributed by atoms with van der Waals surface area (Å²) in [5.41, 5.74) is 2.17. The molecule has 7 heteroatoms. The summed E-state index contributed by atoms with van der Waals surface area (Å²) < 4.78 is 7.03. The minimum absolute atomic E-state index is 0.593. The molecule has 3 rings (SSSR count). The van der Waals surface area contributed by atoms with E-state index < -0.39 is 0 Å². The second-order valence-corrected chi connectivity index (χ2v) is 6.23. The topological polar surface area (TPSA) is 67.6 Å². The molecule has 1 aliphatic heterocycles. The normalized spacial score (nSPS) is 17.9. The first-order valence-electron chi connectivity index (χ1n) is 8.76. The maximum Gasteiger partial charge on any atom is 0.194 e. The number of methoxy groups -OCH3 is 1. The Hall–Kier alpha value is -2.41. The summed E-state index contributed by atoms with van der Waals surface area (Å²) in [4.78, 5) is 11.1. The molecule has 1 unspecified atom stereocenters. The average Bonchev–Trinajstić information content (AvgIpc) is 3.31. The van der Waals surface area contributed by atoms with Crippen LogP contribution in [0.25, 0.3) is 5.69 Å². The van der Waals surface area contributed by atoms with E-state index in [1.54, 1.807) is 18.1 Å². The van der Waals surface area contributed by atoms with Crippen LogP contribution in [0.15, 0.2) is 41.9 Å². The number of rotatable bonds is 6. The molecule has 134 valence electrons. The third-order valence-corrected chi connectivity index (χ3v) is 4.35. The Morgan fingerprint density at radius 2 is 2.20 bits per heavy atom. The number of guanidine groups is 1. The Labute approximate surface area is 148 Å². The van der Waals surface area contributed by atoms with E-state index in [1.165, 1.54) is 11.9 Å². The van der Waals surface area contributed by atoms with E-state index >= 15 is 0 Å². The predicted molar refractivity (Wildman–Crippen MR) is 97.7 cm³/mol. The molecule has 25 heavy (non-hydrogen) atoms. The van der Waals surface area contributed by atoms with Gasteiger partial charge in [0.1, 0.15) is 12.7 Å². The number of ether oxygens (including phenoxy) is 1. The zero-order valence-electron chi connectivity index (χ0n) is 14.9. The van der Waals surface area contributed by atoms with E-state index in [9.17, 15) is 0 Å². The van der Waals surface area contributed by atoms with Crippen molar-refractivity contribution in [3.05, 3.63) is 42.5 Å². The monoisotopic (exact) mass is 342 g/mol. The van der Waals surface area contributed by atoms with Gasteiger partial charge in [0.25, 0.3) is 0 Å². The second kappa shape index (κ2) is 8.62. The molecule has 1 fully saturated rings. The van der Waals surface area contributed by atoms with Gasteiger partial charge in [-0.25, -0.2) is 14.7 Å². The average molecular weight is 342 g/mol. The van der Waals surface area contributed by atoms with Crippen molar-refractivity contribution in [2.75, 3.05) is 33.4 Å². The molecule has 0 saturated carbocycles. The standard InChI is InChI=1S/C18H26N6O/c1-3-20-18(23-9-8-16(11-23)12-25-2)21-10-15-4-6-17(7-5-15)24-14-19-13-22-24/h4-7,13-14,16H,3,8-12H2,1-2H3,(H,20,21). The molecule has 1 aliphatic rings. The van der Waals surface area contributed by atoms with Crippen LogP contribution in [0.1, 0.15) is 18.9 Å². The largest absolute Gasteiger partial charge is 0.384 e. The van der Waals surface area contributed by atoms with Crippen molar-refractivity contribution in [3.63, 3.8) is 0 Å². The van der Waals surface area contributed by atoms with E-state index in [-0.39, 0.29) is 0 Å². The Morgan fingerprint density at radius 3 is 2.88 bits per heavy atom. The molecule has 1 aromatic carbocycles. The zero-order valence-corrected chi connectivity index (χ0v) is 14.9. The first-order valence-corrected chi connectivity index (χ1v) is 8.76. The number of benzene rings is 1. The molecule has 1 aromatic heterocycles. The number of aliphatic imine (C=N–C) groups is 1. The number of nitrogens with one attached hydrogen (secondary N) is 1. The van der Waals surface area contributed by atoms with Crippen LogP contribution in [0.5, 0.6) is 0 Å². The van der Waals surface area contributed by atoms with Gasteiger partial charge in [0.15, 0.2) is 5.96 Å². The third-order valence-electron chi connectivity index (χ3n) is 4.35. The van der Waals surface area contributed by atoms with Crippen LogP contribution < -0.4 is 5.32 Å². The van der Waals surface area contributed by atoms with Crippen molar-refractivity contribution in [2.24, 2.45) is 10.9 Å². The smallest absolute Gasteiger partial charge is 0.194 e. The van der Waals surface area contributed by atoms with Crippen molar-refractivity contribution >= 4 is 5.96 Å². The number of likely N-dealkylation sites (tertiary alicyclic amines) is 1. The molecule has 2 heterocycles. The molecule has 0 bridgehead atoms. The van der Waals surface area contributed by atoms with Crippen LogP contribution in [-0.4, -0.2) is 59.0 Å². The van der Waals surface area contributed by atoms with Gasteiger partial charge < -0.3 is 15.0 Å². The summed E-state index contributed by atoms with van der Waals surface area (Å²) in [6, 6.07) is 8.25. The van der Waals surface area contributed by atoms with Gasteiger partial charge in [-0.3, -0.25) is 0 Å². The summed E-state index contributed by atoms with van der Waals surface area (Å²) in [6.45, 7) is 6.49. The first-order chi connectivity index (χ1) is 12.3. The van der Waals surface area contributed by atoms with E-state index in [1.807, 2.05) is 12.1 Å². The number of aromatic nitrogens is 3. The van der Waals surface area contributed by atoms with E-state index in [0.717, 1.165) is 44.3 Å². The lowest BCUT2D eigenvalue weighted by molar-refractivity contribution is 0.157. The molecular formula is C18H26N6O. The fraction of sp³-hybridized carbons (Fsp3) is 0.500. The highest BCUT2D eigenvalue weighted by atomic mass is 16.5. The van der Waals surface area contributed by atoms with Crippen molar-refractivity contribution in [1.82, 2.24) is 25.0 Å². The summed E-state index contributed by atoms with van der Waals surface area (Å²) in [5, 5.41) is 7.54. The van der Waals surface area contributed by atoms with Gasteiger partial charge in [0.05, 0.1) is 18.8 Å². The molecule has 0 amide bonds. The molecule has 2 aromatic rings. The fourth-order valence-electron chi connectivity index (χ4n) is 3.08. The van der Waals surface area contributed by atoms with Gasteiger partial charge in [-0.1, -0.05) is 12.1 Å². The highest BCUT2D eigenvalue weighted by Gasteiger charge is 2.24. The van der Waals surface area contributed by atoms with Crippen LogP contribution in [0.3, 0.4) is 0 Å². The maximum absolute atomic E-state index is 5.29. The molecule has 1 saturated heterocycles. The van der Waals surface area contributed by atoms with Crippen molar-refractivity contribution < 1.29 is 4.74 Å². The number of nitrogens with zero attached hydrogens (tertiary/aromatic N) is 5. The predicted octanol–water partition coefficient (Wildman–Crippen LogP) is 1.70. The van der Waals surface area contributed by atoms with Gasteiger partial charge in [-0.05, 0) is 31.0 Å². The molecule has 0 radical (unpaired) electrons. The number of hydrogen-bond acceptors (Lipinski definition) is 4. The van der Waals surface area contributed by atoms with Gasteiger partial charge in [0.2, 0.25) is 0 Å². The van der Waals surface area contributed by atoms with Crippen molar-refractivity contribution in [1.29, 1.82) is 0 Å². The van der Waals surface area contributed by atoms with Gasteiger partial charge in [-0.15, -0.1) is 0 Å². The lowest BCUT2D eigenvalue weighted by Gasteiger charge is -2.21. The molecular weight excluding hydrogens is 316 g/mol. The summed E-state index contributed by atoms with van der Waals surface area (Å²) in [5.74, 6) is 1.58. The van der Waals surface area contributed by atoms with Crippen LogP contribution in [0, 0.1) is 5.92 Å². The van der Waals surface area contributed by atoms with Gasteiger partial charge in [-0.2, -0.15) is 5.10 Å². The highest BCUT2D eigenvalue weighted by Crippen LogP contribution is 2.17. The molecule has 0 spiro atoms. The Bertz CT molecular complexity index is 667. The van der Waals surface area contributed by atoms with Crippen molar-refractivity contribution in [3.8, 4) is 5.69 Å². The summed E-state index contributed by atoms with van der Waals surface area (Å²) in [7, 11) is 1.77. The maximum atomic E-state index is 5.29. The highest BCUT2D eigenvalue weighted by molar-refractivity contribution is 5.80. The molecule has 7 nitrogen and oxygen atoms in total. The van der Waals surface area contributed by atoms with E-state index in [4.69, 9.17) is 9.73 Å². The lowest BCUT2D eigenvalue weighted by Crippen LogP contribution is -2.40. The third kappa shape index (κ3) is 4.57. The van der Waals surface area contributed by atoms with E-state index in [2.05, 4.69) is 39.4 Å². The molecule has 1 atom stereocenters. The Balaban J connectivity index is 1.63. The van der Waals surface area contributed by atoms with Crippen molar-refractivity contribution in [2.45, 2.75) is 19.9 Å². The summed E-state index contributed by atoms with van der Waals surface area (Å²) >= 11 is 0. The first kappa shape index (κ1) is 17.4. The Morgan fingerprint density at radius 1 is 1.36 bits per heavy atom. The summed E-state index contributed by atoms with van der Waals surface area (Å²) in [6.07, 6.45) is 4.39. The van der Waals surface area contributed by atoms with Crippen LogP contribution in [0.4, 0.5) is 0 Å².